The summed E-state index contributed by atoms with van der Waals surface area (Å²) in [7, 11) is 0. The minimum Gasteiger partial charge on any atom is -0.456 e. The lowest BCUT2D eigenvalue weighted by Gasteiger charge is -2.21. The van der Waals surface area contributed by atoms with Gasteiger partial charge in [0.05, 0.1) is 50.0 Å². The van der Waals surface area contributed by atoms with Crippen molar-refractivity contribution in [2.45, 2.75) is 57.8 Å². The number of furan rings is 3. The molecule has 0 aliphatic heterocycles. The van der Waals surface area contributed by atoms with Gasteiger partial charge in [-0.1, -0.05) is 345 Å². The van der Waals surface area contributed by atoms with Crippen LogP contribution in [0.25, 0.3) is 271 Å². The summed E-state index contributed by atoms with van der Waals surface area (Å²) in [6.07, 6.45) is 0. The zero-order chi connectivity index (χ0) is 97.6. The molecule has 9 heterocycles. The van der Waals surface area contributed by atoms with E-state index >= 15 is 0 Å². The minimum absolute atomic E-state index is 0.216. The van der Waals surface area contributed by atoms with Crippen molar-refractivity contribution in [2.24, 2.45) is 0 Å². The van der Waals surface area contributed by atoms with Gasteiger partial charge < -0.3 is 13.3 Å². The molecular weight excluding hydrogens is 1800 g/mol. The van der Waals surface area contributed by atoms with Gasteiger partial charge in [0.1, 0.15) is 39.3 Å². The molecule has 20 aromatic carbocycles. The van der Waals surface area contributed by atoms with Gasteiger partial charge in [0.25, 0.3) is 0 Å². The highest BCUT2D eigenvalue weighted by Crippen LogP contribution is 2.58. The van der Waals surface area contributed by atoms with Gasteiger partial charge in [0.2, 0.25) is 11.9 Å². The standard InChI is InChI=1S/C50H32N4O.C43H29N3O.C41H27N3O/c1-50(2)41-27-44-39(25-37(41)38-26-40-34-20-8-10-24-45(34)55-46(40)28-42(38)50)33-19-7-9-23-43(33)54(44)49-52-47(35-21-11-15-29-13-3-5-17-31(29)35)51-48(53-49)36-22-12-16-30-14-4-6-18-32(30)36;1-43(2)34-23-38-32(21-30(34)31-22-33-29-18-10-12-20-39(29)47-40(33)24-35(31)43)28-17-9-11-19-37(28)46(38)41-25-36(26-13-5-3-6-14-26)44-42(45-41)27-15-7-4-8-16-27;1-41(2)32-22-36-30(20-28(32)29-21-31-26-15-8-11-19-37(26)45-38(31)23-33(29)41)25-14-7-10-18-35(25)44(36)40-42-34-17-9-6-16-27(34)39(43-40)24-12-4-3-5-13-24/h3-28H,1-2H3;3-25H,1-2H3;3-23H,1-2H3. The zero-order valence-corrected chi connectivity index (χ0v) is 81.1. The number of benzene rings is 20. The first-order chi connectivity index (χ1) is 72.1. The highest BCUT2D eigenvalue weighted by atomic mass is 16.3. The van der Waals surface area contributed by atoms with E-state index in [1.54, 1.807) is 0 Å². The van der Waals surface area contributed by atoms with Crippen LogP contribution in [0.2, 0.25) is 0 Å². The average molecular weight is 1890 g/mol. The van der Waals surface area contributed by atoms with Gasteiger partial charge in [-0.25, -0.2) is 24.9 Å². The molecule has 0 spiro atoms. The second-order valence-electron chi connectivity index (χ2n) is 40.9. The van der Waals surface area contributed by atoms with Crippen LogP contribution in [0.1, 0.15) is 74.9 Å². The Labute approximate surface area is 843 Å². The summed E-state index contributed by atoms with van der Waals surface area (Å²) >= 11 is 0. The molecule has 9 aromatic heterocycles. The van der Waals surface area contributed by atoms with E-state index < -0.39 is 0 Å². The largest absolute Gasteiger partial charge is 0.456 e. The molecule has 0 amide bonds. The van der Waals surface area contributed by atoms with Crippen molar-refractivity contribution in [3.63, 3.8) is 0 Å². The molecule has 13 heteroatoms. The van der Waals surface area contributed by atoms with E-state index in [9.17, 15) is 0 Å². The van der Waals surface area contributed by atoms with Crippen molar-refractivity contribution in [1.29, 1.82) is 0 Å². The van der Waals surface area contributed by atoms with E-state index in [1.165, 1.54) is 88.3 Å². The maximum Gasteiger partial charge on any atom is 0.238 e. The third-order valence-electron chi connectivity index (χ3n) is 31.7. The first-order valence-corrected chi connectivity index (χ1v) is 50.3. The van der Waals surface area contributed by atoms with Gasteiger partial charge in [0, 0.05) is 120 Å². The second kappa shape index (κ2) is 31.6. The summed E-state index contributed by atoms with van der Waals surface area (Å²) in [6, 6.07) is 150. The first kappa shape index (κ1) is 83.9. The highest BCUT2D eigenvalue weighted by Gasteiger charge is 2.42. The Morgan fingerprint density at radius 3 is 0.952 bits per heavy atom. The Balaban J connectivity index is 0.000000103. The van der Waals surface area contributed by atoms with Gasteiger partial charge in [-0.05, 0) is 204 Å². The van der Waals surface area contributed by atoms with Crippen LogP contribution in [-0.4, -0.2) is 48.6 Å². The summed E-state index contributed by atoms with van der Waals surface area (Å²) in [5.74, 6) is 4.09. The normalized spacial score (nSPS) is 13.5. The van der Waals surface area contributed by atoms with E-state index in [-0.39, 0.29) is 16.2 Å². The maximum atomic E-state index is 6.39. The molecule has 13 nitrogen and oxygen atoms in total. The lowest BCUT2D eigenvalue weighted by Crippen LogP contribution is -2.15. The predicted molar refractivity (Wildman–Crippen MR) is 601 cm³/mol. The van der Waals surface area contributed by atoms with Gasteiger partial charge >= 0.3 is 0 Å². The SMILES string of the molecule is CC1(C)c2cc3oc4ccccc4c3cc2-c2cc3c4ccccc4n(-c4cc(-c5ccccc5)nc(-c5ccccc5)n4)c3cc21.CC1(C)c2cc3oc4ccccc4c3cc2-c2cc3c4ccccc4n(-c4nc(-c5cccc6ccccc56)nc(-c5cccc6ccccc56)n4)c3cc21.CC1(C)c2cc3oc4ccccc4c3cc2-c2cc3c4ccccc4n(-c4nc(-c5ccccc5)c5ccccc5n4)c3cc21. The Morgan fingerprint density at radius 2 is 0.517 bits per heavy atom. The molecule has 0 atom stereocenters. The second-order valence-corrected chi connectivity index (χ2v) is 40.9. The monoisotopic (exact) mass is 1880 g/mol. The Morgan fingerprint density at radius 1 is 0.190 bits per heavy atom. The number of para-hydroxylation sites is 7. The van der Waals surface area contributed by atoms with E-state index in [2.05, 4.69) is 425 Å². The van der Waals surface area contributed by atoms with Crippen molar-refractivity contribution >= 4 is 164 Å². The Kier molecular flexibility index (Phi) is 18.0. The quantitative estimate of drug-likeness (QED) is 0.144. The molecule has 0 bridgehead atoms. The van der Waals surface area contributed by atoms with Crippen LogP contribution in [-0.2, 0) is 16.2 Å². The molecule has 29 aromatic rings. The van der Waals surface area contributed by atoms with Crippen LogP contribution in [0.3, 0.4) is 0 Å². The van der Waals surface area contributed by atoms with Crippen LogP contribution in [0, 0.1) is 0 Å². The molecule has 0 saturated carbocycles. The minimum atomic E-state index is -0.269. The van der Waals surface area contributed by atoms with Crippen molar-refractivity contribution < 1.29 is 13.3 Å². The van der Waals surface area contributed by atoms with E-state index in [4.69, 9.17) is 48.1 Å². The number of hydrogen-bond acceptors (Lipinski definition) is 10. The summed E-state index contributed by atoms with van der Waals surface area (Å²) in [5.41, 5.74) is 34.6. The molecular formula is C134H88N10O3. The Hall–Kier alpha value is -18.9. The van der Waals surface area contributed by atoms with Crippen molar-refractivity contribution in [1.82, 2.24) is 48.6 Å². The third kappa shape index (κ3) is 12.7. The molecule has 0 fully saturated rings. The van der Waals surface area contributed by atoms with E-state index in [1.807, 2.05) is 54.6 Å². The van der Waals surface area contributed by atoms with Gasteiger partial charge in [0.15, 0.2) is 17.5 Å². The van der Waals surface area contributed by atoms with Crippen LogP contribution in [0.5, 0.6) is 0 Å². The molecule has 3 aliphatic rings. The lowest BCUT2D eigenvalue weighted by atomic mass is 9.82. The van der Waals surface area contributed by atoms with Crippen LogP contribution < -0.4 is 0 Å². The first-order valence-electron chi connectivity index (χ1n) is 50.3. The van der Waals surface area contributed by atoms with E-state index in [0.717, 1.165) is 187 Å². The lowest BCUT2D eigenvalue weighted by molar-refractivity contribution is 0.647. The molecule has 3 aliphatic carbocycles. The average Bonchev–Trinajstić information content (AvgIpc) is 1.54. The van der Waals surface area contributed by atoms with Gasteiger partial charge in [-0.2, -0.15) is 9.97 Å². The Bertz CT molecular complexity index is 10500. The van der Waals surface area contributed by atoms with E-state index in [0.29, 0.717) is 29.4 Å². The fraction of sp³-hybridized carbons (Fsp3) is 0.0672. The zero-order valence-electron chi connectivity index (χ0n) is 81.1. The number of fused-ring (bicyclic) bond motifs is 30. The summed E-state index contributed by atoms with van der Waals surface area (Å²) in [4.78, 5) is 36.7. The number of nitrogens with zero attached hydrogens (tertiary/aromatic N) is 10. The van der Waals surface area contributed by atoms with Crippen molar-refractivity contribution in [3.05, 3.63) is 458 Å². The van der Waals surface area contributed by atoms with Crippen molar-refractivity contribution in [2.75, 3.05) is 0 Å². The fourth-order valence-corrected chi connectivity index (χ4v) is 24.5. The summed E-state index contributed by atoms with van der Waals surface area (Å²) in [5, 5.41) is 19.6. The maximum absolute atomic E-state index is 6.39. The smallest absolute Gasteiger partial charge is 0.238 e. The molecule has 0 radical (unpaired) electrons. The number of hydrogen-bond donors (Lipinski definition) is 0. The topological polar surface area (TPSA) is 144 Å². The van der Waals surface area contributed by atoms with Gasteiger partial charge in [-0.15, -0.1) is 0 Å². The molecule has 0 saturated heterocycles. The summed E-state index contributed by atoms with van der Waals surface area (Å²) in [6.45, 7) is 14.0. The fourth-order valence-electron chi connectivity index (χ4n) is 24.5. The molecule has 692 valence electrons. The molecule has 0 unspecified atom stereocenters. The van der Waals surface area contributed by atoms with Gasteiger partial charge in [-0.3, -0.25) is 13.7 Å². The number of aromatic nitrogens is 10. The highest BCUT2D eigenvalue weighted by molar-refractivity contribution is 6.18. The van der Waals surface area contributed by atoms with Crippen molar-refractivity contribution in [3.8, 4) is 108 Å². The van der Waals surface area contributed by atoms with Crippen LogP contribution >= 0.6 is 0 Å². The predicted octanol–water partition coefficient (Wildman–Crippen LogP) is 34.5. The van der Waals surface area contributed by atoms with Crippen LogP contribution in [0.4, 0.5) is 0 Å². The molecule has 147 heavy (non-hydrogen) atoms. The molecule has 32 rings (SSSR count). The molecule has 0 N–H and O–H groups in total. The summed E-state index contributed by atoms with van der Waals surface area (Å²) < 4.78 is 25.9. The third-order valence-corrected chi connectivity index (χ3v) is 31.7. The van der Waals surface area contributed by atoms with Crippen LogP contribution in [0.15, 0.2) is 438 Å². The number of rotatable bonds is 8.